The molecule has 3 heterocycles. The summed E-state index contributed by atoms with van der Waals surface area (Å²) in [5, 5.41) is 21.1. The molecule has 2 aromatic rings. The van der Waals surface area contributed by atoms with Gasteiger partial charge in [-0.2, -0.15) is 4.80 Å². The highest BCUT2D eigenvalue weighted by atomic mass is 16.5. The van der Waals surface area contributed by atoms with Gasteiger partial charge in [0.15, 0.2) is 5.82 Å². The van der Waals surface area contributed by atoms with Gasteiger partial charge in [0.05, 0.1) is 38.1 Å². The second kappa shape index (κ2) is 6.40. The van der Waals surface area contributed by atoms with E-state index in [1.165, 1.54) is 10.9 Å². The van der Waals surface area contributed by atoms with E-state index in [-0.39, 0.29) is 24.6 Å². The Hall–Kier alpha value is -2.75. The molecule has 2 aromatic heterocycles. The van der Waals surface area contributed by atoms with Crippen molar-refractivity contribution in [2.24, 2.45) is 7.05 Å². The van der Waals surface area contributed by atoms with Gasteiger partial charge >= 0.3 is 5.97 Å². The molecule has 0 saturated heterocycles. The van der Waals surface area contributed by atoms with Gasteiger partial charge in [-0.1, -0.05) is 0 Å². The van der Waals surface area contributed by atoms with Crippen molar-refractivity contribution in [2.75, 3.05) is 13.2 Å². The Morgan fingerprint density at radius 3 is 2.88 bits per heavy atom. The summed E-state index contributed by atoms with van der Waals surface area (Å²) < 4.78 is 7.05. The zero-order valence-corrected chi connectivity index (χ0v) is 13.5. The van der Waals surface area contributed by atoms with Crippen molar-refractivity contribution in [1.82, 2.24) is 29.7 Å². The molecule has 0 atom stereocenters. The minimum atomic E-state index is -1.07. The van der Waals surface area contributed by atoms with Crippen LogP contribution in [0.25, 0.3) is 0 Å². The molecule has 3 rings (SSSR count). The van der Waals surface area contributed by atoms with E-state index in [1.54, 1.807) is 16.5 Å². The number of fused-ring (bicyclic) bond motifs is 1. The number of aryl methyl sites for hydroxylation is 1. The molecule has 0 fully saturated rings. The number of ether oxygens (including phenoxy) is 1. The number of carbonyl (C=O) groups is 2. The lowest BCUT2D eigenvalue weighted by Crippen LogP contribution is -2.33. The van der Waals surface area contributed by atoms with Crippen LogP contribution in [0, 0.1) is 0 Å². The number of hydrogen-bond donors (Lipinski definition) is 1. The number of aromatic nitrogens is 5. The zero-order valence-electron chi connectivity index (χ0n) is 13.5. The summed E-state index contributed by atoms with van der Waals surface area (Å²) in [6.07, 6.45) is 0. The third-order valence-electron chi connectivity index (χ3n) is 3.91. The molecule has 1 aliphatic rings. The highest BCUT2D eigenvalue weighted by molar-refractivity contribution is 5.98. The van der Waals surface area contributed by atoms with Gasteiger partial charge in [0.25, 0.3) is 5.91 Å². The minimum absolute atomic E-state index is 0.103. The van der Waals surface area contributed by atoms with Crippen LogP contribution in [0.4, 0.5) is 0 Å². The molecule has 24 heavy (non-hydrogen) atoms. The maximum absolute atomic E-state index is 12.9. The van der Waals surface area contributed by atoms with Gasteiger partial charge in [-0.3, -0.25) is 4.79 Å². The molecular formula is C14H18N6O4. The van der Waals surface area contributed by atoms with Crippen molar-refractivity contribution in [2.45, 2.75) is 26.6 Å². The third-order valence-corrected chi connectivity index (χ3v) is 3.91. The lowest BCUT2D eigenvalue weighted by atomic mass is 10.2. The molecule has 0 aliphatic carbocycles. The van der Waals surface area contributed by atoms with Gasteiger partial charge < -0.3 is 19.3 Å². The lowest BCUT2D eigenvalue weighted by Gasteiger charge is -2.22. The average Bonchev–Trinajstić information content (AvgIpc) is 3.15. The van der Waals surface area contributed by atoms with Crippen LogP contribution in [-0.4, -0.2) is 59.8 Å². The van der Waals surface area contributed by atoms with Crippen molar-refractivity contribution in [3.8, 4) is 0 Å². The molecule has 0 spiro atoms. The zero-order chi connectivity index (χ0) is 17.3. The number of carboxylic acids is 1. The van der Waals surface area contributed by atoms with E-state index < -0.39 is 5.97 Å². The minimum Gasteiger partial charge on any atom is -0.478 e. The highest BCUT2D eigenvalue weighted by Crippen LogP contribution is 2.22. The largest absolute Gasteiger partial charge is 0.478 e. The van der Waals surface area contributed by atoms with Gasteiger partial charge in [-0.15, -0.1) is 10.2 Å². The van der Waals surface area contributed by atoms with Gasteiger partial charge in [-0.25, -0.2) is 4.79 Å². The second-order valence-electron chi connectivity index (χ2n) is 5.41. The van der Waals surface area contributed by atoms with Crippen molar-refractivity contribution < 1.29 is 19.4 Å². The van der Waals surface area contributed by atoms with Crippen LogP contribution in [0.2, 0.25) is 0 Å². The molecule has 0 aromatic carbocycles. The molecular weight excluding hydrogens is 316 g/mol. The predicted octanol–water partition coefficient (Wildman–Crippen LogP) is -0.0977. The fourth-order valence-corrected chi connectivity index (χ4v) is 2.73. The van der Waals surface area contributed by atoms with E-state index in [0.29, 0.717) is 36.9 Å². The summed E-state index contributed by atoms with van der Waals surface area (Å²) in [6.45, 7) is 3.57. The maximum Gasteiger partial charge on any atom is 0.337 e. The number of aromatic carboxylic acids is 1. The monoisotopic (exact) mass is 334 g/mol. The van der Waals surface area contributed by atoms with Crippen LogP contribution in [0.3, 0.4) is 0 Å². The van der Waals surface area contributed by atoms with Crippen molar-refractivity contribution in [1.29, 1.82) is 0 Å². The fourth-order valence-electron chi connectivity index (χ4n) is 2.73. The quantitative estimate of drug-likeness (QED) is 0.812. The molecule has 0 radical (unpaired) electrons. The summed E-state index contributed by atoms with van der Waals surface area (Å²) in [5.74, 6) is -0.901. The topological polar surface area (TPSA) is 115 Å². The molecule has 10 heteroatoms. The Kier molecular flexibility index (Phi) is 4.30. The lowest BCUT2D eigenvalue weighted by molar-refractivity contribution is 0.0641. The molecule has 1 amide bonds. The standard InChI is InChI=1S/C14H18N6O4/c1-3-19(7-12-15-17-18(2)16-12)13(21)10-6-9(14(22)23)11-8-24-5-4-20(10)11/h6H,3-5,7-8H2,1-2H3,(H,22,23). The van der Waals surface area contributed by atoms with Gasteiger partial charge in [0.1, 0.15) is 5.69 Å². The van der Waals surface area contributed by atoms with E-state index in [1.807, 2.05) is 6.92 Å². The van der Waals surface area contributed by atoms with E-state index in [2.05, 4.69) is 15.4 Å². The Bertz CT molecular complexity index is 780. The molecule has 1 aliphatic heterocycles. The SMILES string of the molecule is CCN(Cc1nnn(C)n1)C(=O)c1cc(C(=O)O)c2n1CCOC2. The summed E-state index contributed by atoms with van der Waals surface area (Å²) in [7, 11) is 1.65. The molecule has 0 saturated carbocycles. The summed E-state index contributed by atoms with van der Waals surface area (Å²) in [5.41, 5.74) is 0.967. The summed E-state index contributed by atoms with van der Waals surface area (Å²) in [4.78, 5) is 27.2. The maximum atomic E-state index is 12.9. The van der Waals surface area contributed by atoms with Crippen molar-refractivity contribution in [3.63, 3.8) is 0 Å². The normalized spacial score (nSPS) is 13.6. The second-order valence-corrected chi connectivity index (χ2v) is 5.41. The first kappa shape index (κ1) is 16.1. The van der Waals surface area contributed by atoms with Crippen LogP contribution in [-0.2, 0) is 31.5 Å². The van der Waals surface area contributed by atoms with Crippen LogP contribution >= 0.6 is 0 Å². The molecule has 0 bridgehead atoms. The van der Waals surface area contributed by atoms with E-state index in [9.17, 15) is 14.7 Å². The van der Waals surface area contributed by atoms with Gasteiger partial charge in [-0.05, 0) is 18.2 Å². The first-order valence-electron chi connectivity index (χ1n) is 7.56. The third kappa shape index (κ3) is 2.87. The summed E-state index contributed by atoms with van der Waals surface area (Å²) in [6, 6.07) is 1.42. The molecule has 128 valence electrons. The molecule has 10 nitrogen and oxygen atoms in total. The van der Waals surface area contributed by atoms with Crippen LogP contribution in [0.1, 0.15) is 39.3 Å². The Morgan fingerprint density at radius 1 is 1.46 bits per heavy atom. The predicted molar refractivity (Wildman–Crippen MR) is 80.3 cm³/mol. The number of carboxylic acid groups (broad SMARTS) is 1. The van der Waals surface area contributed by atoms with Crippen LogP contribution in [0.15, 0.2) is 6.07 Å². The molecule has 0 unspecified atom stereocenters. The molecule has 1 N–H and O–H groups in total. The fraction of sp³-hybridized carbons (Fsp3) is 0.500. The number of rotatable bonds is 5. The number of tetrazole rings is 1. The number of carbonyl (C=O) groups excluding carboxylic acids is 1. The van der Waals surface area contributed by atoms with E-state index in [0.717, 1.165) is 0 Å². The highest BCUT2D eigenvalue weighted by Gasteiger charge is 2.28. The first-order valence-corrected chi connectivity index (χ1v) is 7.56. The van der Waals surface area contributed by atoms with Crippen molar-refractivity contribution >= 4 is 11.9 Å². The Balaban J connectivity index is 1.91. The van der Waals surface area contributed by atoms with E-state index in [4.69, 9.17) is 4.74 Å². The van der Waals surface area contributed by atoms with Crippen molar-refractivity contribution in [3.05, 3.63) is 28.8 Å². The Labute approximate surface area is 137 Å². The van der Waals surface area contributed by atoms with Gasteiger partial charge in [0.2, 0.25) is 0 Å². The Morgan fingerprint density at radius 2 is 2.25 bits per heavy atom. The smallest absolute Gasteiger partial charge is 0.337 e. The summed E-state index contributed by atoms with van der Waals surface area (Å²) >= 11 is 0. The van der Waals surface area contributed by atoms with Crippen LogP contribution in [0.5, 0.6) is 0 Å². The van der Waals surface area contributed by atoms with E-state index >= 15 is 0 Å². The average molecular weight is 334 g/mol. The van der Waals surface area contributed by atoms with Crippen LogP contribution < -0.4 is 0 Å². The first-order chi connectivity index (χ1) is 11.5. The number of nitrogens with zero attached hydrogens (tertiary/aromatic N) is 6. The number of amides is 1. The van der Waals surface area contributed by atoms with Gasteiger partial charge in [0, 0.05) is 13.1 Å². The number of hydrogen-bond acceptors (Lipinski definition) is 6.